The average molecular weight is 928 g/mol. The Hall–Kier alpha value is -7.48. The number of hydrogen-bond acceptors (Lipinski definition) is 2. The standard InChI is InChI=1S/C61H50GeN4O/c1-61(2,3)41-34-35-63-58(36-41)66-55-26-12-11-22-51(55)52-33-32-45(38-57(52)66)67-44-17-13-16-43(37-44)64-39-65-59-46(40-28-30-42(31-29-40)62(4,5)6)23-14-24-53(59)49-20-9-7-18-47(49)48-19-8-10-21-50(48)54-25-15-27-56(64)60(54)65/h7-38H,1-6H3. The van der Waals surface area contributed by atoms with Gasteiger partial charge in [-0.1, -0.05) is 39.0 Å². The third kappa shape index (κ3) is 6.91. The van der Waals surface area contributed by atoms with Gasteiger partial charge in [-0.05, 0) is 47.4 Å². The van der Waals surface area contributed by atoms with Gasteiger partial charge in [-0.25, -0.2) is 4.98 Å². The molecule has 4 heterocycles. The molecule has 0 spiro atoms. The van der Waals surface area contributed by atoms with E-state index in [1.165, 1.54) is 43.2 Å². The van der Waals surface area contributed by atoms with Crippen LogP contribution < -0.4 is 13.7 Å². The van der Waals surface area contributed by atoms with Crippen molar-refractivity contribution in [2.75, 3.05) is 0 Å². The molecule has 324 valence electrons. The summed E-state index contributed by atoms with van der Waals surface area (Å²) in [6, 6.07) is 68.1. The molecule has 0 aliphatic carbocycles. The van der Waals surface area contributed by atoms with Crippen LogP contribution in [0.1, 0.15) is 26.3 Å². The van der Waals surface area contributed by atoms with E-state index < -0.39 is 13.3 Å². The van der Waals surface area contributed by atoms with Crippen LogP contribution in [0.25, 0.3) is 94.5 Å². The molecule has 12 rings (SSSR count). The predicted octanol–water partition coefficient (Wildman–Crippen LogP) is 14.8. The van der Waals surface area contributed by atoms with E-state index >= 15 is 0 Å². The van der Waals surface area contributed by atoms with Gasteiger partial charge in [-0.15, -0.1) is 0 Å². The molecule has 0 bridgehead atoms. The van der Waals surface area contributed by atoms with Crippen molar-refractivity contribution in [1.29, 1.82) is 0 Å². The Bertz CT molecular complexity index is 3750. The van der Waals surface area contributed by atoms with E-state index in [1.807, 2.05) is 12.3 Å². The molecule has 0 atom stereocenters. The first-order chi connectivity index (χ1) is 32.5. The maximum atomic E-state index is 6.84. The van der Waals surface area contributed by atoms with Crippen LogP contribution in [0.15, 0.2) is 194 Å². The predicted molar refractivity (Wildman–Crippen MR) is 279 cm³/mol. The smallest absolute Gasteiger partial charge is 0.0149 e. The molecule has 5 nitrogen and oxygen atoms in total. The molecular formula is C61H50GeN4O. The van der Waals surface area contributed by atoms with Crippen molar-refractivity contribution in [3.8, 4) is 73.2 Å². The molecule has 11 aromatic rings. The summed E-state index contributed by atoms with van der Waals surface area (Å²) in [5.74, 6) is 9.73. The second kappa shape index (κ2) is 15.6. The molecule has 3 aromatic heterocycles. The van der Waals surface area contributed by atoms with E-state index in [0.29, 0.717) is 0 Å². The first-order valence-corrected chi connectivity index (χ1v) is 30.5. The SMILES string of the molecule is CC(C)(C)c1ccnc(-n2c3ccccc3c3ccc(Oc4cccc(-n5[c-][n+]6c7c(cccc75)-c5ccccc5-c5ccccc5-c5cccc(-c7cc[c]([Ge]([CH3])([CH3])[CH3])cc7)c5-6)c4)cc32)c1. The zero-order chi connectivity index (χ0) is 45.6. The molecule has 1 aliphatic rings. The molecule has 0 radical (unpaired) electrons. The summed E-state index contributed by atoms with van der Waals surface area (Å²) in [5.41, 5.74) is 17.0. The summed E-state index contributed by atoms with van der Waals surface area (Å²) in [6.07, 6.45) is 5.88. The van der Waals surface area contributed by atoms with Crippen LogP contribution in [0.3, 0.4) is 0 Å². The normalized spacial score (nSPS) is 12.3. The zero-order valence-electron chi connectivity index (χ0n) is 38.7. The van der Waals surface area contributed by atoms with Crippen LogP contribution in [0.4, 0.5) is 0 Å². The average Bonchev–Trinajstić information content (AvgIpc) is 3.90. The summed E-state index contributed by atoms with van der Waals surface area (Å²) in [5, 5.41) is 2.33. The Morgan fingerprint density at radius 2 is 1.12 bits per heavy atom. The van der Waals surface area contributed by atoms with Crippen molar-refractivity contribution < 1.29 is 9.30 Å². The molecule has 0 fully saturated rings. The first kappa shape index (κ1) is 41.0. The van der Waals surface area contributed by atoms with E-state index in [9.17, 15) is 0 Å². The number of pyridine rings is 1. The summed E-state index contributed by atoms with van der Waals surface area (Å²) in [6.45, 7) is 6.72. The van der Waals surface area contributed by atoms with E-state index in [4.69, 9.17) is 9.72 Å². The maximum absolute atomic E-state index is 6.84. The molecule has 8 aromatic carbocycles. The Balaban J connectivity index is 1.03. The number of para-hydroxylation sites is 3. The summed E-state index contributed by atoms with van der Waals surface area (Å²) in [7, 11) is 0. The summed E-state index contributed by atoms with van der Waals surface area (Å²) < 4.78 is 15.1. The minimum absolute atomic E-state index is 0.0178. The van der Waals surface area contributed by atoms with Crippen molar-refractivity contribution in [1.82, 2.24) is 14.1 Å². The minimum Gasteiger partial charge on any atom is -0.0149 e. The number of fused-ring (bicyclic) bond motifs is 10. The Labute approximate surface area is 394 Å². The van der Waals surface area contributed by atoms with Crippen molar-refractivity contribution in [2.45, 2.75) is 43.5 Å². The van der Waals surface area contributed by atoms with E-state index in [0.717, 1.165) is 72.8 Å². The molecule has 0 amide bonds. The number of nitrogens with zero attached hydrogens (tertiary/aromatic N) is 4. The van der Waals surface area contributed by atoms with Crippen LogP contribution in [-0.4, -0.2) is 27.4 Å². The fourth-order valence-electron chi connectivity index (χ4n) is 10.1. The van der Waals surface area contributed by atoms with Gasteiger partial charge >= 0.3 is 250 Å². The molecule has 0 unspecified atom stereocenters. The monoisotopic (exact) mass is 928 g/mol. The molecule has 67 heavy (non-hydrogen) atoms. The Morgan fingerprint density at radius 3 is 1.87 bits per heavy atom. The van der Waals surface area contributed by atoms with E-state index in [2.05, 4.69) is 240 Å². The van der Waals surface area contributed by atoms with Crippen LogP contribution in [-0.2, 0) is 5.41 Å². The van der Waals surface area contributed by atoms with E-state index in [1.54, 1.807) is 0 Å². The third-order valence-electron chi connectivity index (χ3n) is 13.5. The van der Waals surface area contributed by atoms with Crippen molar-refractivity contribution >= 4 is 50.5 Å². The Morgan fingerprint density at radius 1 is 0.522 bits per heavy atom. The number of aromatic nitrogens is 4. The first-order valence-electron chi connectivity index (χ1n) is 23.2. The van der Waals surface area contributed by atoms with Gasteiger partial charge in [0.05, 0.1) is 11.0 Å². The van der Waals surface area contributed by atoms with E-state index in [-0.39, 0.29) is 5.41 Å². The van der Waals surface area contributed by atoms with Crippen LogP contribution in [0.5, 0.6) is 11.5 Å². The fraction of sp³-hybridized carbons (Fsp3) is 0.115. The largest absolute Gasteiger partial charge is 0.0592 e. The van der Waals surface area contributed by atoms with Crippen LogP contribution in [0.2, 0.25) is 17.3 Å². The molecule has 0 saturated heterocycles. The Kier molecular flexibility index (Phi) is 9.53. The quantitative estimate of drug-likeness (QED) is 0.0946. The van der Waals surface area contributed by atoms with Gasteiger partial charge < -0.3 is 4.74 Å². The topological polar surface area (TPSA) is 35.9 Å². The van der Waals surface area contributed by atoms with Gasteiger partial charge in [0.2, 0.25) is 0 Å². The van der Waals surface area contributed by atoms with Gasteiger partial charge in [-0.2, -0.15) is 0 Å². The fourth-order valence-corrected chi connectivity index (χ4v) is 12.6. The number of benzene rings is 8. The molecule has 1 aliphatic heterocycles. The van der Waals surface area contributed by atoms with Gasteiger partial charge in [0.1, 0.15) is 11.6 Å². The molecular weight excluding hydrogens is 877 g/mol. The number of hydrogen-bond donors (Lipinski definition) is 0. The van der Waals surface area contributed by atoms with Crippen molar-refractivity contribution in [2.24, 2.45) is 0 Å². The molecule has 0 N–H and O–H groups in total. The number of imidazole rings is 1. The second-order valence-electron chi connectivity index (χ2n) is 19.8. The summed E-state index contributed by atoms with van der Waals surface area (Å²) in [4.78, 5) is 4.90. The maximum Gasteiger partial charge on any atom is 0.0592 e. The number of ether oxygens (including phenoxy) is 1. The number of rotatable bonds is 6. The molecule has 6 heteroatoms. The van der Waals surface area contributed by atoms with Crippen molar-refractivity contribution in [3.63, 3.8) is 0 Å². The second-order valence-corrected chi connectivity index (χ2v) is 30.5. The van der Waals surface area contributed by atoms with Gasteiger partial charge in [0, 0.05) is 23.0 Å². The van der Waals surface area contributed by atoms with Crippen LogP contribution >= 0.6 is 0 Å². The van der Waals surface area contributed by atoms with Crippen molar-refractivity contribution in [3.05, 3.63) is 206 Å². The minimum atomic E-state index is -2.06. The van der Waals surface area contributed by atoms with Gasteiger partial charge in [0.25, 0.3) is 0 Å². The van der Waals surface area contributed by atoms with Crippen LogP contribution in [0, 0.1) is 6.33 Å². The molecule has 0 saturated carbocycles. The third-order valence-corrected chi connectivity index (χ3v) is 17.9. The van der Waals surface area contributed by atoms with Gasteiger partial charge in [0.15, 0.2) is 0 Å². The summed E-state index contributed by atoms with van der Waals surface area (Å²) >= 11 is -2.06. The zero-order valence-corrected chi connectivity index (χ0v) is 40.8. The van der Waals surface area contributed by atoms with Gasteiger partial charge in [-0.3, -0.25) is 4.57 Å².